The summed E-state index contributed by atoms with van der Waals surface area (Å²) in [6.07, 6.45) is 0. The molecule has 1 fully saturated rings. The van der Waals surface area contributed by atoms with E-state index in [1.54, 1.807) is 42.5 Å². The molecule has 3 heterocycles. The first-order valence-electron chi connectivity index (χ1n) is 12.9. The molecule has 3 atom stereocenters. The largest absolute Gasteiger partial charge is 0.508 e. The SMILES string of the molecule is COc1ccc(N2C(=O)C3Sc4c(sc(=O)n4CC(=O)Nc4ccc(O)cc4)C(c4ccccc4OC)C3C2=O)cc1. The summed E-state index contributed by atoms with van der Waals surface area (Å²) in [6.45, 7) is -0.293. The molecule has 0 spiro atoms. The van der Waals surface area contributed by atoms with Crippen LogP contribution in [0.15, 0.2) is 82.6 Å². The van der Waals surface area contributed by atoms with Crippen LogP contribution in [-0.4, -0.2) is 46.9 Å². The number of para-hydroxylation sites is 1. The number of aromatic hydroxyl groups is 1. The van der Waals surface area contributed by atoms with E-state index in [0.29, 0.717) is 38.3 Å². The van der Waals surface area contributed by atoms with Gasteiger partial charge in [0.15, 0.2) is 0 Å². The van der Waals surface area contributed by atoms with Gasteiger partial charge >= 0.3 is 4.87 Å². The van der Waals surface area contributed by atoms with Crippen molar-refractivity contribution in [2.75, 3.05) is 24.4 Å². The van der Waals surface area contributed by atoms with Crippen molar-refractivity contribution in [1.29, 1.82) is 0 Å². The average Bonchev–Trinajstić information content (AvgIpc) is 3.44. The predicted octanol–water partition coefficient (Wildman–Crippen LogP) is 4.07. The number of methoxy groups -OCH3 is 2. The number of aromatic nitrogens is 1. The van der Waals surface area contributed by atoms with Crippen LogP contribution in [0, 0.1) is 5.92 Å². The summed E-state index contributed by atoms with van der Waals surface area (Å²) < 4.78 is 12.2. The highest BCUT2D eigenvalue weighted by Crippen LogP contribution is 2.55. The van der Waals surface area contributed by atoms with Crippen LogP contribution in [0.4, 0.5) is 11.4 Å². The molecule has 1 saturated heterocycles. The summed E-state index contributed by atoms with van der Waals surface area (Å²) in [4.78, 5) is 55.7. The number of fused-ring (bicyclic) bond motifs is 2. The molecule has 0 aliphatic carbocycles. The number of thiazole rings is 1. The van der Waals surface area contributed by atoms with Crippen LogP contribution in [0.5, 0.6) is 17.2 Å². The smallest absolute Gasteiger partial charge is 0.308 e. The number of imide groups is 1. The van der Waals surface area contributed by atoms with Crippen molar-refractivity contribution in [3.63, 3.8) is 0 Å². The maximum atomic E-state index is 14.1. The number of carbonyl (C=O) groups excluding carboxylic acids is 3. The number of hydrogen-bond acceptors (Lipinski definition) is 9. The number of amides is 3. The van der Waals surface area contributed by atoms with Gasteiger partial charge in [-0.3, -0.25) is 23.7 Å². The van der Waals surface area contributed by atoms with E-state index in [4.69, 9.17) is 9.47 Å². The number of thioether (sulfide) groups is 1. The van der Waals surface area contributed by atoms with E-state index in [9.17, 15) is 24.3 Å². The summed E-state index contributed by atoms with van der Waals surface area (Å²) in [5, 5.41) is 11.9. The van der Waals surface area contributed by atoms with Gasteiger partial charge in [0.2, 0.25) is 17.7 Å². The number of ether oxygens (including phenoxy) is 2. The van der Waals surface area contributed by atoms with Crippen LogP contribution in [-0.2, 0) is 20.9 Å². The zero-order valence-electron chi connectivity index (χ0n) is 22.5. The van der Waals surface area contributed by atoms with Crippen molar-refractivity contribution in [1.82, 2.24) is 4.57 Å². The zero-order valence-corrected chi connectivity index (χ0v) is 24.1. The molecule has 3 unspecified atom stereocenters. The van der Waals surface area contributed by atoms with Gasteiger partial charge < -0.3 is 19.9 Å². The topological polar surface area (TPSA) is 127 Å². The summed E-state index contributed by atoms with van der Waals surface area (Å²) >= 11 is 2.10. The van der Waals surface area contributed by atoms with E-state index in [2.05, 4.69) is 5.32 Å². The van der Waals surface area contributed by atoms with Crippen LogP contribution >= 0.6 is 23.1 Å². The highest BCUT2D eigenvalue weighted by Gasteiger charge is 2.57. The van der Waals surface area contributed by atoms with Crippen LogP contribution in [0.3, 0.4) is 0 Å². The second kappa shape index (κ2) is 11.0. The molecule has 10 nitrogen and oxygen atoms in total. The Bertz CT molecular complexity index is 1750. The number of nitrogens with zero attached hydrogens (tertiary/aromatic N) is 2. The van der Waals surface area contributed by atoms with Gasteiger partial charge in [-0.15, -0.1) is 0 Å². The third-order valence-electron chi connectivity index (χ3n) is 7.31. The van der Waals surface area contributed by atoms with E-state index in [0.717, 1.165) is 23.1 Å². The molecule has 0 radical (unpaired) electrons. The number of phenols is 1. The van der Waals surface area contributed by atoms with E-state index < -0.39 is 28.9 Å². The minimum Gasteiger partial charge on any atom is -0.508 e. The summed E-state index contributed by atoms with van der Waals surface area (Å²) in [5.74, 6) is -1.50. The molecule has 0 saturated carbocycles. The average molecular weight is 604 g/mol. The quantitative estimate of drug-likeness (QED) is 0.239. The van der Waals surface area contributed by atoms with Crippen LogP contribution in [0.25, 0.3) is 0 Å². The highest BCUT2D eigenvalue weighted by atomic mass is 32.2. The van der Waals surface area contributed by atoms with Gasteiger partial charge in [0.25, 0.3) is 0 Å². The van der Waals surface area contributed by atoms with Gasteiger partial charge in [0, 0.05) is 22.0 Å². The molecule has 3 aromatic carbocycles. The summed E-state index contributed by atoms with van der Waals surface area (Å²) in [7, 11) is 3.06. The molecule has 2 N–H and O–H groups in total. The number of anilines is 2. The van der Waals surface area contributed by atoms with E-state index in [-0.39, 0.29) is 23.1 Å². The first-order valence-corrected chi connectivity index (χ1v) is 14.6. The first-order chi connectivity index (χ1) is 20.3. The van der Waals surface area contributed by atoms with Crippen LogP contribution in [0.2, 0.25) is 0 Å². The Morgan fingerprint density at radius 1 is 0.929 bits per heavy atom. The minimum absolute atomic E-state index is 0.0592. The molecule has 42 heavy (non-hydrogen) atoms. The molecule has 12 heteroatoms. The zero-order chi connectivity index (χ0) is 29.5. The van der Waals surface area contributed by atoms with Crippen molar-refractivity contribution in [3.05, 3.63) is 92.9 Å². The lowest BCUT2D eigenvalue weighted by molar-refractivity contribution is -0.122. The minimum atomic E-state index is -0.831. The van der Waals surface area contributed by atoms with E-state index in [1.807, 2.05) is 18.2 Å². The predicted molar refractivity (Wildman–Crippen MR) is 159 cm³/mol. The number of nitrogens with one attached hydrogen (secondary N) is 1. The van der Waals surface area contributed by atoms with Gasteiger partial charge in [0.1, 0.15) is 29.0 Å². The molecule has 2 aliphatic heterocycles. The van der Waals surface area contributed by atoms with Crippen molar-refractivity contribution >= 4 is 52.2 Å². The third kappa shape index (κ3) is 4.72. The second-order valence-corrected chi connectivity index (χ2v) is 11.8. The van der Waals surface area contributed by atoms with Crippen LogP contribution < -0.4 is 24.6 Å². The lowest BCUT2D eigenvalue weighted by atomic mass is 9.82. The fraction of sp³-hybridized carbons (Fsp3) is 0.200. The van der Waals surface area contributed by atoms with Crippen molar-refractivity contribution in [3.8, 4) is 17.2 Å². The van der Waals surface area contributed by atoms with E-state index >= 15 is 0 Å². The first kappa shape index (κ1) is 27.6. The fourth-order valence-electron chi connectivity index (χ4n) is 5.39. The maximum Gasteiger partial charge on any atom is 0.308 e. The summed E-state index contributed by atoms with van der Waals surface area (Å²) in [6, 6.07) is 19.9. The molecular weight excluding hydrogens is 578 g/mol. The molecule has 6 rings (SSSR count). The Morgan fingerprint density at radius 3 is 2.33 bits per heavy atom. The van der Waals surface area contributed by atoms with Crippen molar-refractivity contribution in [2.24, 2.45) is 5.92 Å². The lowest BCUT2D eigenvalue weighted by Gasteiger charge is -2.31. The van der Waals surface area contributed by atoms with Crippen molar-refractivity contribution < 1.29 is 29.0 Å². The second-order valence-electron chi connectivity index (χ2n) is 9.71. The Balaban J connectivity index is 1.42. The number of hydrogen-bond donors (Lipinski definition) is 2. The molecule has 2 aliphatic rings. The van der Waals surface area contributed by atoms with Crippen molar-refractivity contribution in [2.45, 2.75) is 22.7 Å². The monoisotopic (exact) mass is 603 g/mol. The fourth-order valence-corrected chi connectivity index (χ4v) is 8.15. The Kier molecular flexibility index (Phi) is 7.25. The Hall–Kier alpha value is -4.55. The molecule has 4 aromatic rings. The molecule has 0 bridgehead atoms. The number of carbonyl (C=O) groups is 3. The highest BCUT2D eigenvalue weighted by molar-refractivity contribution is 8.00. The lowest BCUT2D eigenvalue weighted by Crippen LogP contribution is -2.33. The molecule has 1 aromatic heterocycles. The molecular formula is C30H25N3O7S2. The number of phenolic OH excluding ortho intramolecular Hbond substituents is 1. The third-order valence-corrected chi connectivity index (χ3v) is 9.91. The normalized spacial score (nSPS) is 19.3. The molecule has 3 amide bonds. The van der Waals surface area contributed by atoms with E-state index in [1.165, 1.54) is 35.8 Å². The Morgan fingerprint density at radius 2 is 1.64 bits per heavy atom. The molecule has 214 valence electrons. The van der Waals surface area contributed by atoms with Crippen LogP contribution in [0.1, 0.15) is 16.4 Å². The van der Waals surface area contributed by atoms with Gasteiger partial charge in [-0.05, 0) is 54.6 Å². The Labute approximate surface area is 248 Å². The standard InChI is InChI=1S/C30H25N3O7S2/c1-39-19-13-9-17(10-14-19)33-27(36)24-23(20-5-3-4-6-21(20)40-2)26-29(41-25(24)28(33)37)32(30(38)42-26)15-22(35)31-16-7-11-18(34)12-8-16/h3-14,23-25,34H,15H2,1-2H3,(H,31,35). The van der Waals surface area contributed by atoms with Gasteiger partial charge in [0.05, 0.1) is 30.9 Å². The number of rotatable bonds is 7. The maximum absolute atomic E-state index is 14.1. The number of benzene rings is 3. The van der Waals surface area contributed by atoms with Gasteiger partial charge in [-0.2, -0.15) is 0 Å². The summed E-state index contributed by atoms with van der Waals surface area (Å²) in [5.41, 5.74) is 1.56. The van der Waals surface area contributed by atoms with Gasteiger partial charge in [-0.1, -0.05) is 41.3 Å². The van der Waals surface area contributed by atoms with Gasteiger partial charge in [-0.25, -0.2) is 4.90 Å².